The third-order valence-electron chi connectivity index (χ3n) is 4.14. The Morgan fingerprint density at radius 2 is 2.00 bits per heavy atom. The molecular formula is C18H26Cl2N2O4S. The maximum absolute atomic E-state index is 12.8. The number of carbonyl (C=O) groups is 1. The van der Waals surface area contributed by atoms with Gasteiger partial charge in [-0.25, -0.2) is 17.5 Å². The first-order valence-corrected chi connectivity index (χ1v) is 11.2. The van der Waals surface area contributed by atoms with Crippen LogP contribution in [0.5, 0.6) is 0 Å². The molecule has 0 spiro atoms. The number of ether oxygens (including phenoxy) is 1. The van der Waals surface area contributed by atoms with Gasteiger partial charge in [0.15, 0.2) is 0 Å². The molecule has 0 saturated carbocycles. The normalized spacial score (nSPS) is 18.9. The Labute approximate surface area is 171 Å². The third-order valence-corrected chi connectivity index (χ3v) is 6.70. The minimum atomic E-state index is -3.48. The second-order valence-corrected chi connectivity index (χ2v) is 10.5. The van der Waals surface area contributed by atoms with Gasteiger partial charge in [-0.05, 0) is 57.2 Å². The first-order chi connectivity index (χ1) is 12.5. The lowest BCUT2D eigenvalue weighted by Crippen LogP contribution is -2.44. The van der Waals surface area contributed by atoms with Crippen molar-refractivity contribution in [3.05, 3.63) is 33.8 Å². The number of amides is 1. The van der Waals surface area contributed by atoms with Crippen molar-refractivity contribution in [2.24, 2.45) is 5.92 Å². The molecule has 1 saturated heterocycles. The Morgan fingerprint density at radius 1 is 1.30 bits per heavy atom. The zero-order valence-corrected chi connectivity index (χ0v) is 18.1. The first-order valence-electron chi connectivity index (χ1n) is 8.85. The molecule has 27 heavy (non-hydrogen) atoms. The van der Waals surface area contributed by atoms with Crippen molar-refractivity contribution in [3.63, 3.8) is 0 Å². The van der Waals surface area contributed by atoms with Crippen LogP contribution in [0.2, 0.25) is 10.0 Å². The van der Waals surface area contributed by atoms with Crippen LogP contribution in [-0.4, -0.2) is 44.1 Å². The number of halogens is 2. The summed E-state index contributed by atoms with van der Waals surface area (Å²) in [4.78, 5) is 11.8. The highest BCUT2D eigenvalue weighted by Gasteiger charge is 2.29. The number of nitrogens with one attached hydrogen (secondary N) is 1. The molecule has 9 heteroatoms. The van der Waals surface area contributed by atoms with Crippen LogP contribution in [-0.2, 0) is 20.5 Å². The Kier molecular flexibility index (Phi) is 7.41. The van der Waals surface area contributed by atoms with E-state index in [0.29, 0.717) is 35.2 Å². The highest BCUT2D eigenvalue weighted by Crippen LogP contribution is 2.25. The van der Waals surface area contributed by atoms with Crippen LogP contribution in [0.4, 0.5) is 4.79 Å². The maximum atomic E-state index is 12.8. The SMILES string of the molecule is CC(C)(C)OC(=O)NC[C@H]1CCCN(S(=O)(=O)Cc2ccc(Cl)c(Cl)c2)C1. The summed E-state index contributed by atoms with van der Waals surface area (Å²) in [6, 6.07) is 4.84. The fourth-order valence-electron chi connectivity index (χ4n) is 2.92. The van der Waals surface area contributed by atoms with Gasteiger partial charge in [0.1, 0.15) is 5.60 Å². The minimum Gasteiger partial charge on any atom is -0.444 e. The average molecular weight is 437 g/mol. The number of carbonyl (C=O) groups excluding carboxylic acids is 1. The van der Waals surface area contributed by atoms with Crippen molar-refractivity contribution >= 4 is 39.3 Å². The van der Waals surface area contributed by atoms with E-state index in [1.54, 1.807) is 39.0 Å². The Hall–Kier alpha value is -1.02. The Bertz CT molecular complexity index is 778. The first kappa shape index (κ1) is 22.3. The van der Waals surface area contributed by atoms with E-state index in [2.05, 4.69) is 5.32 Å². The van der Waals surface area contributed by atoms with Crippen LogP contribution in [0.25, 0.3) is 0 Å². The van der Waals surface area contributed by atoms with Crippen LogP contribution in [0.15, 0.2) is 18.2 Å². The predicted molar refractivity (Wildman–Crippen MR) is 108 cm³/mol. The molecule has 0 unspecified atom stereocenters. The number of benzene rings is 1. The molecule has 1 aromatic carbocycles. The molecular weight excluding hydrogens is 411 g/mol. The smallest absolute Gasteiger partial charge is 0.407 e. The van der Waals surface area contributed by atoms with E-state index >= 15 is 0 Å². The van der Waals surface area contributed by atoms with Crippen LogP contribution < -0.4 is 5.32 Å². The van der Waals surface area contributed by atoms with Crippen molar-refractivity contribution in [1.82, 2.24) is 9.62 Å². The van der Waals surface area contributed by atoms with Crippen LogP contribution in [0.1, 0.15) is 39.2 Å². The molecule has 152 valence electrons. The number of nitrogens with zero attached hydrogens (tertiary/aromatic N) is 1. The largest absolute Gasteiger partial charge is 0.444 e. The highest BCUT2D eigenvalue weighted by molar-refractivity contribution is 7.88. The molecule has 2 rings (SSSR count). The zero-order chi connectivity index (χ0) is 20.2. The third kappa shape index (κ3) is 7.14. The van der Waals surface area contributed by atoms with E-state index in [9.17, 15) is 13.2 Å². The van der Waals surface area contributed by atoms with Crippen molar-refractivity contribution < 1.29 is 17.9 Å². The van der Waals surface area contributed by atoms with Gasteiger partial charge in [0.05, 0.1) is 15.8 Å². The van der Waals surface area contributed by atoms with Crippen molar-refractivity contribution in [3.8, 4) is 0 Å². The van der Waals surface area contributed by atoms with Gasteiger partial charge in [-0.2, -0.15) is 0 Å². The summed E-state index contributed by atoms with van der Waals surface area (Å²) in [6.07, 6.45) is 1.12. The van der Waals surface area contributed by atoms with Crippen molar-refractivity contribution in [1.29, 1.82) is 0 Å². The summed E-state index contributed by atoms with van der Waals surface area (Å²) in [7, 11) is -3.48. The second kappa shape index (κ2) is 8.99. The second-order valence-electron chi connectivity index (χ2n) is 7.75. The molecule has 0 bridgehead atoms. The van der Waals surface area contributed by atoms with E-state index in [0.717, 1.165) is 12.8 Å². The molecule has 6 nitrogen and oxygen atoms in total. The number of sulfonamides is 1. The van der Waals surface area contributed by atoms with Gasteiger partial charge in [0.2, 0.25) is 10.0 Å². The Balaban J connectivity index is 1.93. The van der Waals surface area contributed by atoms with Crippen LogP contribution >= 0.6 is 23.2 Å². The van der Waals surface area contributed by atoms with Crippen molar-refractivity contribution in [2.75, 3.05) is 19.6 Å². The summed E-state index contributed by atoms with van der Waals surface area (Å²) in [5.41, 5.74) is 0.0321. The zero-order valence-electron chi connectivity index (χ0n) is 15.8. The number of hydrogen-bond donors (Lipinski definition) is 1. The molecule has 0 aliphatic carbocycles. The molecule has 0 radical (unpaired) electrons. The Morgan fingerprint density at radius 3 is 2.63 bits per heavy atom. The van der Waals surface area contributed by atoms with E-state index < -0.39 is 21.7 Å². The molecule has 1 fully saturated rings. The van der Waals surface area contributed by atoms with E-state index in [1.807, 2.05) is 0 Å². The number of hydrogen-bond acceptors (Lipinski definition) is 4. The lowest BCUT2D eigenvalue weighted by molar-refractivity contribution is 0.0513. The summed E-state index contributed by atoms with van der Waals surface area (Å²) < 4.78 is 32.2. The molecule has 1 atom stereocenters. The summed E-state index contributed by atoms with van der Waals surface area (Å²) >= 11 is 11.9. The van der Waals surface area contributed by atoms with E-state index in [1.165, 1.54) is 4.31 Å². The maximum Gasteiger partial charge on any atom is 0.407 e. The molecule has 1 N–H and O–H groups in total. The molecule has 1 aliphatic rings. The number of rotatable bonds is 5. The summed E-state index contributed by atoms with van der Waals surface area (Å²) in [5, 5.41) is 3.46. The molecule has 1 amide bonds. The lowest BCUT2D eigenvalue weighted by atomic mass is 10.00. The highest BCUT2D eigenvalue weighted by atomic mass is 35.5. The summed E-state index contributed by atoms with van der Waals surface area (Å²) in [5.74, 6) is -0.0781. The van der Waals surface area contributed by atoms with Crippen LogP contribution in [0, 0.1) is 5.92 Å². The van der Waals surface area contributed by atoms with Gasteiger partial charge in [0, 0.05) is 19.6 Å². The van der Waals surface area contributed by atoms with Crippen molar-refractivity contribution in [2.45, 2.75) is 45.0 Å². The molecule has 0 aromatic heterocycles. The molecule has 1 aliphatic heterocycles. The quantitative estimate of drug-likeness (QED) is 0.754. The van der Waals surface area contributed by atoms with Gasteiger partial charge in [-0.15, -0.1) is 0 Å². The molecule has 1 heterocycles. The topological polar surface area (TPSA) is 75.7 Å². The van der Waals surface area contributed by atoms with Gasteiger partial charge in [-0.1, -0.05) is 29.3 Å². The minimum absolute atomic E-state index is 0.0508. The lowest BCUT2D eigenvalue weighted by Gasteiger charge is -2.32. The van der Waals surface area contributed by atoms with E-state index in [-0.39, 0.29) is 11.7 Å². The summed E-state index contributed by atoms with van der Waals surface area (Å²) in [6.45, 7) is 6.62. The number of piperidine rings is 1. The van der Waals surface area contributed by atoms with Gasteiger partial charge >= 0.3 is 6.09 Å². The monoisotopic (exact) mass is 436 g/mol. The average Bonchev–Trinajstić information content (AvgIpc) is 2.55. The molecule has 1 aromatic rings. The van der Waals surface area contributed by atoms with Gasteiger partial charge < -0.3 is 10.1 Å². The fraction of sp³-hybridized carbons (Fsp3) is 0.611. The fourth-order valence-corrected chi connectivity index (χ4v) is 4.87. The van der Waals surface area contributed by atoms with Gasteiger partial charge in [-0.3, -0.25) is 0 Å². The van der Waals surface area contributed by atoms with E-state index in [4.69, 9.17) is 27.9 Å². The van der Waals surface area contributed by atoms with Gasteiger partial charge in [0.25, 0.3) is 0 Å². The predicted octanol–water partition coefficient (Wildman–Crippen LogP) is 4.06. The standard InChI is InChI=1S/C18H26Cl2N2O4S/c1-18(2,3)26-17(23)21-10-14-5-4-8-22(11-14)27(24,25)12-13-6-7-15(19)16(20)9-13/h6-7,9,14H,4-5,8,10-12H2,1-3H3,(H,21,23)/t14-/m1/s1. The number of alkyl carbamates (subject to hydrolysis) is 1. The van der Waals surface area contributed by atoms with Crippen LogP contribution in [0.3, 0.4) is 0 Å².